The molecule has 3 aliphatic rings. The summed E-state index contributed by atoms with van der Waals surface area (Å²) in [5, 5.41) is 10.5. The smallest absolute Gasteiger partial charge is 0.334 e. The van der Waals surface area contributed by atoms with Gasteiger partial charge in [0, 0.05) is 18.6 Å². The molecule has 0 radical (unpaired) electrons. The molecule has 0 amide bonds. The van der Waals surface area contributed by atoms with Gasteiger partial charge in [-0.2, -0.15) is 0 Å². The van der Waals surface area contributed by atoms with Crippen LogP contribution in [0.15, 0.2) is 47.1 Å². The molecule has 0 aromatic heterocycles. The highest BCUT2D eigenvalue weighted by atomic mass is 16.7. The second kappa shape index (κ2) is 10.8. The zero-order valence-corrected chi connectivity index (χ0v) is 20.4. The van der Waals surface area contributed by atoms with Crippen molar-refractivity contribution in [3.05, 3.63) is 47.1 Å². The van der Waals surface area contributed by atoms with E-state index in [0.29, 0.717) is 24.3 Å². The summed E-state index contributed by atoms with van der Waals surface area (Å²) in [5.41, 5.74) is 4.23. The molecule has 33 heavy (non-hydrogen) atoms. The van der Waals surface area contributed by atoms with Crippen LogP contribution in [0.25, 0.3) is 0 Å². The van der Waals surface area contributed by atoms with Crippen LogP contribution in [0.2, 0.25) is 0 Å². The molecule has 1 fully saturated rings. The number of aliphatic hydroxyl groups is 1. The van der Waals surface area contributed by atoms with Crippen LogP contribution in [-0.4, -0.2) is 35.7 Å². The van der Waals surface area contributed by atoms with Crippen LogP contribution in [0.1, 0.15) is 79.1 Å². The van der Waals surface area contributed by atoms with Crippen molar-refractivity contribution in [3.8, 4) is 0 Å². The molecular formula is C27H38O6. The lowest BCUT2D eigenvalue weighted by Gasteiger charge is -2.35. The fourth-order valence-electron chi connectivity index (χ4n) is 5.47. The third kappa shape index (κ3) is 6.04. The van der Waals surface area contributed by atoms with Gasteiger partial charge < -0.3 is 19.3 Å². The normalized spacial score (nSPS) is 32.3. The van der Waals surface area contributed by atoms with Gasteiger partial charge in [-0.15, -0.1) is 0 Å². The van der Waals surface area contributed by atoms with Crippen molar-refractivity contribution in [1.29, 1.82) is 0 Å². The maximum absolute atomic E-state index is 11.6. The second-order valence-corrected chi connectivity index (χ2v) is 9.83. The monoisotopic (exact) mass is 458 g/mol. The number of aliphatic hydroxyl groups excluding tert-OH is 1. The van der Waals surface area contributed by atoms with Gasteiger partial charge in [0.1, 0.15) is 0 Å². The first kappa shape index (κ1) is 25.4. The summed E-state index contributed by atoms with van der Waals surface area (Å²) in [5.74, 6) is -0.427. The summed E-state index contributed by atoms with van der Waals surface area (Å²) in [6, 6.07) is 0. The molecule has 6 nitrogen and oxygen atoms in total. The average molecular weight is 459 g/mol. The van der Waals surface area contributed by atoms with Crippen LogP contribution in [0.5, 0.6) is 0 Å². The van der Waals surface area contributed by atoms with Crippen LogP contribution >= 0.6 is 0 Å². The van der Waals surface area contributed by atoms with E-state index in [2.05, 4.69) is 33.4 Å². The maximum atomic E-state index is 11.6. The Morgan fingerprint density at radius 2 is 2.12 bits per heavy atom. The molecule has 182 valence electrons. The number of hydrogen-bond acceptors (Lipinski definition) is 6. The molecule has 0 unspecified atom stereocenters. The largest absolute Gasteiger partial charge is 0.421 e. The van der Waals surface area contributed by atoms with Crippen molar-refractivity contribution in [2.24, 2.45) is 11.3 Å². The Kier molecular flexibility index (Phi) is 8.35. The minimum Gasteiger partial charge on any atom is -0.421 e. The number of hydrogen-bond donors (Lipinski definition) is 1. The van der Waals surface area contributed by atoms with Crippen LogP contribution in [0.3, 0.4) is 0 Å². The van der Waals surface area contributed by atoms with Crippen molar-refractivity contribution >= 4 is 11.9 Å². The second-order valence-electron chi connectivity index (χ2n) is 9.83. The fraction of sp³-hybridized carbons (Fsp3) is 0.630. The van der Waals surface area contributed by atoms with E-state index >= 15 is 0 Å². The van der Waals surface area contributed by atoms with Crippen molar-refractivity contribution in [3.63, 3.8) is 0 Å². The molecule has 5 atom stereocenters. The number of cyclic esters (lactones) is 1. The van der Waals surface area contributed by atoms with Gasteiger partial charge in [0.05, 0.1) is 6.10 Å². The summed E-state index contributed by atoms with van der Waals surface area (Å²) in [4.78, 5) is 22.9. The standard InChI is InChI=1S/C27H38O6/c1-17(2)27(14-7-9-19(27)4)15-13-18(3)8-6-10-21-11-12-23(32-25(21)30)22-16-24(29)33-26(22)31-20(5)28/h8,11,16,19,23,25-26,30H,1,6-7,9-10,12-15H2,2-5H3/b18-8+/t19-,23+,25-,26+,27+/m0/s1. The van der Waals surface area contributed by atoms with Crippen molar-refractivity contribution < 1.29 is 28.9 Å². The van der Waals surface area contributed by atoms with E-state index in [-0.39, 0.29) is 5.41 Å². The van der Waals surface area contributed by atoms with Gasteiger partial charge in [-0.1, -0.05) is 43.2 Å². The minimum absolute atomic E-state index is 0.282. The molecule has 0 aromatic rings. The molecule has 2 heterocycles. The van der Waals surface area contributed by atoms with E-state index in [9.17, 15) is 14.7 Å². The lowest BCUT2D eigenvalue weighted by atomic mass is 9.70. The first-order chi connectivity index (χ1) is 15.6. The third-order valence-electron chi connectivity index (χ3n) is 7.57. The van der Waals surface area contributed by atoms with Crippen molar-refractivity contribution in [2.45, 2.75) is 97.7 Å². The SMILES string of the molecule is C=C(C)[C@]1(CC/C(C)=C/CCC2=CC[C@H](C3=CC(=O)O[C@H]3OC(C)=O)O[C@@H]2O)CCC[C@@H]1C. The van der Waals surface area contributed by atoms with Gasteiger partial charge in [-0.25, -0.2) is 4.79 Å². The molecule has 0 saturated heterocycles. The van der Waals surface area contributed by atoms with Gasteiger partial charge in [-0.05, 0) is 75.7 Å². The van der Waals surface area contributed by atoms with E-state index in [1.54, 1.807) is 0 Å². The first-order valence-corrected chi connectivity index (χ1v) is 12.1. The Balaban J connectivity index is 1.51. The van der Waals surface area contributed by atoms with Gasteiger partial charge in [-0.3, -0.25) is 4.79 Å². The highest BCUT2D eigenvalue weighted by Crippen LogP contribution is 2.51. The topological polar surface area (TPSA) is 82.1 Å². The van der Waals surface area contributed by atoms with Crippen molar-refractivity contribution in [1.82, 2.24) is 0 Å². The average Bonchev–Trinajstić information content (AvgIpc) is 3.29. The van der Waals surface area contributed by atoms with Crippen LogP contribution in [0, 0.1) is 11.3 Å². The third-order valence-corrected chi connectivity index (χ3v) is 7.57. The molecule has 6 heteroatoms. The van der Waals surface area contributed by atoms with Crippen LogP contribution in [-0.2, 0) is 23.8 Å². The number of rotatable bonds is 9. The van der Waals surface area contributed by atoms with E-state index in [1.165, 1.54) is 43.4 Å². The van der Waals surface area contributed by atoms with E-state index < -0.39 is 30.6 Å². The number of esters is 2. The summed E-state index contributed by atoms with van der Waals surface area (Å²) < 4.78 is 15.8. The summed E-state index contributed by atoms with van der Waals surface area (Å²) in [6.45, 7) is 12.3. The zero-order chi connectivity index (χ0) is 24.2. The molecule has 1 saturated carbocycles. The lowest BCUT2D eigenvalue weighted by molar-refractivity contribution is -0.176. The van der Waals surface area contributed by atoms with E-state index in [1.807, 2.05) is 6.08 Å². The van der Waals surface area contributed by atoms with E-state index in [4.69, 9.17) is 14.2 Å². The molecule has 3 rings (SSSR count). The molecule has 2 aliphatic heterocycles. The molecule has 1 aliphatic carbocycles. The predicted molar refractivity (Wildman–Crippen MR) is 126 cm³/mol. The first-order valence-electron chi connectivity index (χ1n) is 12.1. The molecule has 0 aromatic carbocycles. The highest BCUT2D eigenvalue weighted by Gasteiger charge is 2.40. The minimum atomic E-state index is -1.09. The van der Waals surface area contributed by atoms with Gasteiger partial charge in [0.25, 0.3) is 6.29 Å². The molecule has 0 bridgehead atoms. The summed E-state index contributed by atoms with van der Waals surface area (Å²) in [7, 11) is 0. The van der Waals surface area contributed by atoms with Gasteiger partial charge in [0.2, 0.25) is 0 Å². The van der Waals surface area contributed by atoms with Crippen molar-refractivity contribution in [2.75, 3.05) is 0 Å². The van der Waals surface area contributed by atoms with Crippen LogP contribution in [0.4, 0.5) is 0 Å². The predicted octanol–water partition coefficient (Wildman–Crippen LogP) is 5.28. The fourth-order valence-corrected chi connectivity index (χ4v) is 5.47. The lowest BCUT2D eigenvalue weighted by Crippen LogP contribution is -2.33. The quantitative estimate of drug-likeness (QED) is 0.374. The Bertz CT molecular complexity index is 866. The molecule has 0 spiro atoms. The Hall–Kier alpha value is -2.18. The van der Waals surface area contributed by atoms with Crippen LogP contribution < -0.4 is 0 Å². The highest BCUT2D eigenvalue weighted by molar-refractivity contribution is 5.86. The Labute approximate surface area is 197 Å². The van der Waals surface area contributed by atoms with Gasteiger partial charge in [0.15, 0.2) is 6.29 Å². The Morgan fingerprint density at radius 3 is 2.73 bits per heavy atom. The summed E-state index contributed by atoms with van der Waals surface area (Å²) in [6.07, 6.45) is 10.9. The number of allylic oxidation sites excluding steroid dienone is 3. The number of ether oxygens (including phenoxy) is 3. The van der Waals surface area contributed by atoms with Gasteiger partial charge >= 0.3 is 11.9 Å². The maximum Gasteiger partial charge on any atom is 0.334 e. The summed E-state index contributed by atoms with van der Waals surface area (Å²) >= 11 is 0. The zero-order valence-electron chi connectivity index (χ0n) is 20.4. The Morgan fingerprint density at radius 1 is 1.36 bits per heavy atom. The number of carbonyl (C=O) groups is 2. The van der Waals surface area contributed by atoms with E-state index in [0.717, 1.165) is 24.8 Å². The molecule has 1 N–H and O–H groups in total. The molecular weight excluding hydrogens is 420 g/mol. The number of carbonyl (C=O) groups excluding carboxylic acids is 2.